The minimum Gasteiger partial charge on any atom is -0.360 e. The number of nitrogens with zero attached hydrogens (tertiary/aromatic N) is 3. The highest BCUT2D eigenvalue weighted by Gasteiger charge is 2.09. The van der Waals surface area contributed by atoms with Gasteiger partial charge in [-0.05, 0) is 66.6 Å². The predicted molar refractivity (Wildman–Crippen MR) is 121 cm³/mol. The molecule has 5 aromatic rings. The van der Waals surface area contributed by atoms with Crippen LogP contribution < -0.4 is 5.32 Å². The lowest BCUT2D eigenvalue weighted by molar-refractivity contribution is 0.0950. The number of aromatic amines is 1. The Bertz CT molecular complexity index is 1410. The van der Waals surface area contributed by atoms with Gasteiger partial charge in [-0.2, -0.15) is 0 Å². The number of amides is 1. The van der Waals surface area contributed by atoms with Gasteiger partial charge in [0, 0.05) is 41.7 Å². The summed E-state index contributed by atoms with van der Waals surface area (Å²) in [6, 6.07) is 17.7. The molecular weight excluding hydrogens is 386 g/mol. The third-order valence-corrected chi connectivity index (χ3v) is 5.24. The lowest BCUT2D eigenvalue weighted by Gasteiger charge is -2.08. The van der Waals surface area contributed by atoms with Crippen LogP contribution in [-0.2, 0) is 13.0 Å². The Morgan fingerprint density at radius 2 is 1.90 bits per heavy atom. The smallest absolute Gasteiger partial charge is 0.251 e. The summed E-state index contributed by atoms with van der Waals surface area (Å²) in [4.78, 5) is 29.2. The average Bonchev–Trinajstić information content (AvgIpc) is 3.25. The highest BCUT2D eigenvalue weighted by atomic mass is 16.1. The SMILES string of the molecule is Cc1cnc2ccc(Cc3cc(C(=O)NCc4ccc5[nH]ccc5n4)ccn3)cc2c1. The van der Waals surface area contributed by atoms with Crippen molar-refractivity contribution in [2.24, 2.45) is 0 Å². The lowest BCUT2D eigenvalue weighted by Crippen LogP contribution is -2.23. The second-order valence-electron chi connectivity index (χ2n) is 7.65. The summed E-state index contributed by atoms with van der Waals surface area (Å²) in [6.07, 6.45) is 6.06. The van der Waals surface area contributed by atoms with Crippen molar-refractivity contribution >= 4 is 27.8 Å². The number of carbonyl (C=O) groups is 1. The maximum atomic E-state index is 12.7. The Morgan fingerprint density at radius 3 is 2.84 bits per heavy atom. The van der Waals surface area contributed by atoms with Crippen LogP contribution in [0.25, 0.3) is 21.9 Å². The molecule has 6 heteroatoms. The highest BCUT2D eigenvalue weighted by molar-refractivity contribution is 5.94. The molecule has 0 unspecified atom stereocenters. The number of rotatable bonds is 5. The molecule has 6 nitrogen and oxygen atoms in total. The standard InChI is InChI=1S/C25H21N5O/c1-16-10-19-11-17(2-4-22(19)28-14-16)12-21-13-18(6-8-26-21)25(31)29-15-20-3-5-23-24(30-20)7-9-27-23/h2-11,13-14,27H,12,15H2,1H3,(H,29,31). The third-order valence-electron chi connectivity index (χ3n) is 5.24. The van der Waals surface area contributed by atoms with Crippen molar-refractivity contribution in [2.75, 3.05) is 0 Å². The van der Waals surface area contributed by atoms with Gasteiger partial charge in [0.15, 0.2) is 0 Å². The van der Waals surface area contributed by atoms with Crippen LogP contribution in [-0.4, -0.2) is 25.8 Å². The molecule has 0 spiro atoms. The van der Waals surface area contributed by atoms with E-state index in [-0.39, 0.29) is 5.91 Å². The summed E-state index contributed by atoms with van der Waals surface area (Å²) in [6.45, 7) is 2.41. The molecule has 0 aliphatic rings. The van der Waals surface area contributed by atoms with Gasteiger partial charge in [0.1, 0.15) is 0 Å². The molecule has 31 heavy (non-hydrogen) atoms. The van der Waals surface area contributed by atoms with Crippen LogP contribution in [0.2, 0.25) is 0 Å². The molecule has 0 saturated heterocycles. The number of nitrogens with one attached hydrogen (secondary N) is 2. The molecule has 1 amide bonds. The van der Waals surface area contributed by atoms with Crippen molar-refractivity contribution in [2.45, 2.75) is 19.9 Å². The van der Waals surface area contributed by atoms with Crippen molar-refractivity contribution in [3.05, 3.63) is 101 Å². The van der Waals surface area contributed by atoms with E-state index in [0.717, 1.165) is 44.5 Å². The van der Waals surface area contributed by atoms with Gasteiger partial charge < -0.3 is 10.3 Å². The molecule has 0 aliphatic heterocycles. The van der Waals surface area contributed by atoms with E-state index in [9.17, 15) is 4.79 Å². The van der Waals surface area contributed by atoms with Gasteiger partial charge in [-0.25, -0.2) is 4.98 Å². The number of hydrogen-bond acceptors (Lipinski definition) is 4. The number of aryl methyl sites for hydroxylation is 1. The van der Waals surface area contributed by atoms with E-state index in [1.807, 2.05) is 49.6 Å². The molecule has 5 rings (SSSR count). The predicted octanol–water partition coefficient (Wildman–Crippen LogP) is 4.34. The second kappa shape index (κ2) is 7.99. The van der Waals surface area contributed by atoms with Crippen LogP contribution in [0.15, 0.2) is 73.2 Å². The van der Waals surface area contributed by atoms with Gasteiger partial charge in [0.05, 0.1) is 28.8 Å². The van der Waals surface area contributed by atoms with Crippen LogP contribution in [0.4, 0.5) is 0 Å². The first-order valence-corrected chi connectivity index (χ1v) is 10.2. The summed E-state index contributed by atoms with van der Waals surface area (Å²) >= 11 is 0. The molecule has 0 radical (unpaired) electrons. The van der Waals surface area contributed by atoms with Crippen molar-refractivity contribution in [3.8, 4) is 0 Å². The molecule has 0 fully saturated rings. The van der Waals surface area contributed by atoms with Crippen molar-refractivity contribution < 1.29 is 4.79 Å². The van der Waals surface area contributed by atoms with E-state index in [2.05, 4.69) is 43.5 Å². The molecule has 0 aliphatic carbocycles. The summed E-state index contributed by atoms with van der Waals surface area (Å²) in [5.74, 6) is -0.141. The molecule has 0 saturated carbocycles. The monoisotopic (exact) mass is 407 g/mol. The Balaban J connectivity index is 1.29. The number of carbonyl (C=O) groups excluding carboxylic acids is 1. The number of pyridine rings is 3. The molecule has 4 heterocycles. The van der Waals surface area contributed by atoms with Gasteiger partial charge in [-0.15, -0.1) is 0 Å². The van der Waals surface area contributed by atoms with Gasteiger partial charge in [-0.1, -0.05) is 6.07 Å². The fourth-order valence-corrected chi connectivity index (χ4v) is 3.67. The topological polar surface area (TPSA) is 83.6 Å². The van der Waals surface area contributed by atoms with Crippen LogP contribution in [0, 0.1) is 6.92 Å². The number of aromatic nitrogens is 4. The lowest BCUT2D eigenvalue weighted by atomic mass is 10.0. The number of hydrogen-bond donors (Lipinski definition) is 2. The summed E-state index contributed by atoms with van der Waals surface area (Å²) < 4.78 is 0. The number of H-pyrrole nitrogens is 1. The van der Waals surface area contributed by atoms with Crippen LogP contribution in [0.3, 0.4) is 0 Å². The highest BCUT2D eigenvalue weighted by Crippen LogP contribution is 2.18. The summed E-state index contributed by atoms with van der Waals surface area (Å²) in [5, 5.41) is 4.06. The fraction of sp³-hybridized carbons (Fsp3) is 0.120. The Morgan fingerprint density at radius 1 is 0.968 bits per heavy atom. The zero-order valence-corrected chi connectivity index (χ0v) is 17.1. The molecule has 2 N–H and O–H groups in total. The molecular formula is C25H21N5O. The van der Waals surface area contributed by atoms with E-state index in [0.29, 0.717) is 18.5 Å². The van der Waals surface area contributed by atoms with E-state index in [1.165, 1.54) is 0 Å². The second-order valence-corrected chi connectivity index (χ2v) is 7.65. The molecule has 0 atom stereocenters. The first kappa shape index (κ1) is 18.9. The van der Waals surface area contributed by atoms with E-state index >= 15 is 0 Å². The van der Waals surface area contributed by atoms with Gasteiger partial charge >= 0.3 is 0 Å². The van der Waals surface area contributed by atoms with Crippen LogP contribution in [0.1, 0.15) is 32.9 Å². The Hall–Kier alpha value is -4.06. The van der Waals surface area contributed by atoms with Gasteiger partial charge in [-0.3, -0.25) is 14.8 Å². The van der Waals surface area contributed by atoms with Crippen molar-refractivity contribution in [1.82, 2.24) is 25.3 Å². The van der Waals surface area contributed by atoms with Crippen molar-refractivity contribution in [1.29, 1.82) is 0 Å². The first-order chi connectivity index (χ1) is 15.1. The average molecular weight is 407 g/mol. The third kappa shape index (κ3) is 4.14. The van der Waals surface area contributed by atoms with E-state index in [4.69, 9.17) is 0 Å². The number of fused-ring (bicyclic) bond motifs is 2. The first-order valence-electron chi connectivity index (χ1n) is 10.2. The van der Waals surface area contributed by atoms with E-state index in [1.54, 1.807) is 12.3 Å². The zero-order valence-electron chi connectivity index (χ0n) is 17.1. The Labute approximate surface area is 179 Å². The van der Waals surface area contributed by atoms with Crippen LogP contribution >= 0.6 is 0 Å². The fourth-order valence-electron chi connectivity index (χ4n) is 3.67. The summed E-state index contributed by atoms with van der Waals surface area (Å²) in [5.41, 5.74) is 7.36. The maximum Gasteiger partial charge on any atom is 0.251 e. The molecule has 4 aromatic heterocycles. The van der Waals surface area contributed by atoms with Crippen LogP contribution in [0.5, 0.6) is 0 Å². The van der Waals surface area contributed by atoms with Gasteiger partial charge in [0.2, 0.25) is 0 Å². The zero-order chi connectivity index (χ0) is 21.2. The largest absolute Gasteiger partial charge is 0.360 e. The molecule has 0 bridgehead atoms. The summed E-state index contributed by atoms with van der Waals surface area (Å²) in [7, 11) is 0. The molecule has 1 aromatic carbocycles. The minimum absolute atomic E-state index is 0.141. The quantitative estimate of drug-likeness (QED) is 0.454. The Kier molecular flexibility index (Phi) is 4.88. The minimum atomic E-state index is -0.141. The maximum absolute atomic E-state index is 12.7. The number of benzene rings is 1. The van der Waals surface area contributed by atoms with Gasteiger partial charge in [0.25, 0.3) is 5.91 Å². The van der Waals surface area contributed by atoms with E-state index < -0.39 is 0 Å². The van der Waals surface area contributed by atoms with Crippen molar-refractivity contribution in [3.63, 3.8) is 0 Å². The molecule has 152 valence electrons. The normalized spacial score (nSPS) is 11.1.